The molecule has 1 rings (SSSR count). The molecule has 0 bridgehead atoms. The monoisotopic (exact) mass is 275 g/mol. The van der Waals surface area contributed by atoms with Gasteiger partial charge in [-0.15, -0.1) is 0 Å². The molecular weight excluding hydrogens is 246 g/mol. The zero-order valence-electron chi connectivity index (χ0n) is 12.5. The Hall–Kier alpha value is -0.200. The highest BCUT2D eigenvalue weighted by molar-refractivity contribution is 4.94. The summed E-state index contributed by atoms with van der Waals surface area (Å²) in [4.78, 5) is 0. The molecule has 0 saturated carbocycles. The van der Waals surface area contributed by atoms with E-state index in [9.17, 15) is 10.2 Å². The van der Waals surface area contributed by atoms with Gasteiger partial charge in [-0.3, -0.25) is 0 Å². The zero-order chi connectivity index (χ0) is 14.6. The third-order valence-corrected chi connectivity index (χ3v) is 3.61. The van der Waals surface area contributed by atoms with Gasteiger partial charge >= 0.3 is 0 Å². The highest BCUT2D eigenvalue weighted by Crippen LogP contribution is 2.30. The Morgan fingerprint density at radius 2 is 1.84 bits per heavy atom. The number of hydrogen-bond acceptors (Lipinski definition) is 5. The van der Waals surface area contributed by atoms with Gasteiger partial charge in [0.25, 0.3) is 0 Å². The van der Waals surface area contributed by atoms with E-state index in [0.29, 0.717) is 12.5 Å². The maximum absolute atomic E-state index is 10.4. The minimum absolute atomic E-state index is 0.0916. The smallest absolute Gasteiger partial charge is 0.0989 e. The fourth-order valence-electron chi connectivity index (χ4n) is 2.59. The van der Waals surface area contributed by atoms with E-state index in [2.05, 4.69) is 13.8 Å². The highest BCUT2D eigenvalue weighted by atomic mass is 16.6. The van der Waals surface area contributed by atoms with Crippen molar-refractivity contribution >= 4 is 0 Å². The third-order valence-electron chi connectivity index (χ3n) is 3.61. The molecule has 5 atom stereocenters. The average molecular weight is 275 g/mol. The van der Waals surface area contributed by atoms with Gasteiger partial charge in [0.1, 0.15) is 0 Å². The summed E-state index contributed by atoms with van der Waals surface area (Å²) in [5, 5.41) is 19.8. The van der Waals surface area contributed by atoms with Crippen molar-refractivity contribution in [3.63, 3.8) is 0 Å². The van der Waals surface area contributed by atoms with Gasteiger partial charge in [0.2, 0.25) is 0 Å². The predicted molar refractivity (Wildman–Crippen MR) is 73.8 cm³/mol. The maximum atomic E-state index is 10.4. The van der Waals surface area contributed by atoms with Gasteiger partial charge in [0.05, 0.1) is 43.7 Å². The molecule has 0 aromatic heterocycles. The van der Waals surface area contributed by atoms with Crippen molar-refractivity contribution < 1.29 is 19.7 Å². The van der Waals surface area contributed by atoms with Crippen molar-refractivity contribution in [1.29, 1.82) is 0 Å². The second-order valence-electron chi connectivity index (χ2n) is 6.14. The van der Waals surface area contributed by atoms with Crippen molar-refractivity contribution in [1.82, 2.24) is 0 Å². The van der Waals surface area contributed by atoms with Crippen molar-refractivity contribution in [2.24, 2.45) is 17.6 Å². The predicted octanol–water partition coefficient (Wildman–Crippen LogP) is 0.522. The molecule has 0 spiro atoms. The molecule has 1 aliphatic rings. The quantitative estimate of drug-likeness (QED) is 0.658. The number of hydrogen-bond donors (Lipinski definition) is 3. The van der Waals surface area contributed by atoms with E-state index in [1.165, 1.54) is 0 Å². The van der Waals surface area contributed by atoms with Crippen LogP contribution in [0.5, 0.6) is 0 Å². The van der Waals surface area contributed by atoms with Crippen LogP contribution in [0.25, 0.3) is 0 Å². The fourth-order valence-corrected chi connectivity index (χ4v) is 2.59. The molecular formula is C14H29NO4. The van der Waals surface area contributed by atoms with E-state index in [4.69, 9.17) is 15.2 Å². The molecule has 19 heavy (non-hydrogen) atoms. The van der Waals surface area contributed by atoms with E-state index in [1.54, 1.807) is 0 Å². The first-order chi connectivity index (χ1) is 8.86. The van der Waals surface area contributed by atoms with E-state index < -0.39 is 12.1 Å². The summed E-state index contributed by atoms with van der Waals surface area (Å²) >= 11 is 0. The summed E-state index contributed by atoms with van der Waals surface area (Å²) in [7, 11) is 0. The number of nitrogens with two attached hydrogens (primary N) is 1. The number of ether oxygens (including phenoxy) is 2. The van der Waals surface area contributed by atoms with Gasteiger partial charge in [-0.25, -0.2) is 0 Å². The molecule has 0 amide bonds. The number of rotatable bonds is 6. The van der Waals surface area contributed by atoms with Crippen molar-refractivity contribution in [3.8, 4) is 0 Å². The van der Waals surface area contributed by atoms with Gasteiger partial charge in [0, 0.05) is 5.92 Å². The first kappa shape index (κ1) is 16.9. The van der Waals surface area contributed by atoms with Crippen LogP contribution in [0.1, 0.15) is 34.1 Å². The van der Waals surface area contributed by atoms with E-state index in [-0.39, 0.29) is 30.8 Å². The number of aliphatic hydroxyl groups excluding tert-OH is 2. The van der Waals surface area contributed by atoms with Crippen LogP contribution in [-0.4, -0.2) is 53.9 Å². The van der Waals surface area contributed by atoms with Crippen LogP contribution in [0.4, 0.5) is 0 Å². The number of aliphatic hydroxyl groups is 2. The lowest BCUT2D eigenvalue weighted by atomic mass is 9.81. The van der Waals surface area contributed by atoms with Gasteiger partial charge in [-0.1, -0.05) is 13.8 Å². The molecule has 0 aromatic rings. The van der Waals surface area contributed by atoms with Crippen molar-refractivity contribution in [2.45, 2.75) is 64.6 Å². The Morgan fingerprint density at radius 1 is 1.21 bits per heavy atom. The molecule has 5 heteroatoms. The van der Waals surface area contributed by atoms with Crippen LogP contribution < -0.4 is 5.73 Å². The highest BCUT2D eigenvalue weighted by Gasteiger charge is 2.43. The fraction of sp³-hybridized carbons (Fsp3) is 1.00. The molecule has 0 aromatic carbocycles. The zero-order valence-corrected chi connectivity index (χ0v) is 12.5. The summed E-state index contributed by atoms with van der Waals surface area (Å²) in [5.74, 6) is 0.309. The molecule has 5 nitrogen and oxygen atoms in total. The van der Waals surface area contributed by atoms with Crippen LogP contribution in [0.2, 0.25) is 0 Å². The lowest BCUT2D eigenvalue weighted by Crippen LogP contribution is -2.60. The van der Waals surface area contributed by atoms with Crippen LogP contribution in [0, 0.1) is 11.8 Å². The summed E-state index contributed by atoms with van der Waals surface area (Å²) < 4.78 is 11.3. The van der Waals surface area contributed by atoms with Crippen LogP contribution in [-0.2, 0) is 9.47 Å². The molecule has 4 N–H and O–H groups in total. The summed E-state index contributed by atoms with van der Waals surface area (Å²) in [5.41, 5.74) is 6.06. The topological polar surface area (TPSA) is 84.9 Å². The maximum Gasteiger partial charge on any atom is 0.0989 e. The SMILES string of the molecule is CC(C)CC1C(CO)OC(COC(C)C)C(N)C1O. The molecule has 1 heterocycles. The lowest BCUT2D eigenvalue weighted by Gasteiger charge is -2.44. The second-order valence-corrected chi connectivity index (χ2v) is 6.14. The Morgan fingerprint density at radius 3 is 2.32 bits per heavy atom. The molecule has 1 aliphatic heterocycles. The lowest BCUT2D eigenvalue weighted by molar-refractivity contribution is -0.182. The normalized spacial score (nSPS) is 36.2. The van der Waals surface area contributed by atoms with E-state index >= 15 is 0 Å². The molecule has 1 fully saturated rings. The van der Waals surface area contributed by atoms with Crippen molar-refractivity contribution in [3.05, 3.63) is 0 Å². The molecule has 5 unspecified atom stereocenters. The van der Waals surface area contributed by atoms with Gasteiger partial charge in [-0.05, 0) is 26.2 Å². The standard InChI is InChI=1S/C14H29NO4/c1-8(2)5-10-11(6-16)19-12(7-18-9(3)4)13(15)14(10)17/h8-14,16-17H,5-7,15H2,1-4H3. The minimum Gasteiger partial charge on any atom is -0.394 e. The van der Waals surface area contributed by atoms with Crippen LogP contribution in [0.15, 0.2) is 0 Å². The van der Waals surface area contributed by atoms with Crippen LogP contribution >= 0.6 is 0 Å². The summed E-state index contributed by atoms with van der Waals surface area (Å²) in [6.45, 7) is 8.30. The largest absolute Gasteiger partial charge is 0.394 e. The Bertz CT molecular complexity index is 256. The molecule has 0 radical (unpaired) electrons. The van der Waals surface area contributed by atoms with Gasteiger partial charge < -0.3 is 25.4 Å². The third kappa shape index (κ3) is 4.68. The Labute approximate surface area is 116 Å². The molecule has 1 saturated heterocycles. The van der Waals surface area contributed by atoms with Crippen molar-refractivity contribution in [2.75, 3.05) is 13.2 Å². The summed E-state index contributed by atoms with van der Waals surface area (Å²) in [6, 6.07) is -0.467. The first-order valence-electron chi connectivity index (χ1n) is 7.18. The molecule has 114 valence electrons. The Kier molecular flexibility index (Phi) is 6.69. The Balaban J connectivity index is 2.67. The van der Waals surface area contributed by atoms with E-state index in [0.717, 1.165) is 6.42 Å². The van der Waals surface area contributed by atoms with Gasteiger partial charge in [0.15, 0.2) is 0 Å². The van der Waals surface area contributed by atoms with E-state index in [1.807, 2.05) is 13.8 Å². The van der Waals surface area contributed by atoms with Gasteiger partial charge in [-0.2, -0.15) is 0 Å². The van der Waals surface area contributed by atoms with Crippen LogP contribution in [0.3, 0.4) is 0 Å². The second kappa shape index (κ2) is 7.55. The minimum atomic E-state index is -0.658. The average Bonchev–Trinajstić information content (AvgIpc) is 2.33. The summed E-state index contributed by atoms with van der Waals surface area (Å²) in [6.07, 6.45) is -0.503. The molecule has 0 aliphatic carbocycles. The first-order valence-corrected chi connectivity index (χ1v) is 7.18.